The van der Waals surface area contributed by atoms with E-state index in [4.69, 9.17) is 63.1 Å². The minimum absolute atomic E-state index is 0.0546. The third kappa shape index (κ3) is 17.9. The number of aliphatic hydroxyl groups excluding tert-OH is 6. The molecule has 7 aliphatic heterocycles. The van der Waals surface area contributed by atoms with Crippen LogP contribution in [0.2, 0.25) is 10.0 Å². The van der Waals surface area contributed by atoms with Crippen LogP contribution in [0, 0.1) is 11.7 Å². The number of amides is 8. The third-order valence-electron chi connectivity index (χ3n) is 19.1. The Hall–Kier alpha value is -10.7. The van der Waals surface area contributed by atoms with Crippen molar-refractivity contribution in [3.8, 4) is 57.1 Å². The van der Waals surface area contributed by atoms with Gasteiger partial charge in [-0.1, -0.05) is 55.2 Å². The summed E-state index contributed by atoms with van der Waals surface area (Å²) in [4.78, 5) is 130. The van der Waals surface area contributed by atoms with Gasteiger partial charge in [-0.25, -0.2) is 4.39 Å². The number of carbonyl (C=O) groups excluding carboxylic acids is 8. The van der Waals surface area contributed by atoms with E-state index in [0.717, 1.165) is 72.8 Å². The number of aromatic hydroxyl groups is 3. The summed E-state index contributed by atoms with van der Waals surface area (Å²) >= 11 is 14.2. The number of halogens is 3. The maximum atomic E-state index is 16.2. The Kier molecular flexibility index (Phi) is 24.5. The molecule has 592 valence electrons. The van der Waals surface area contributed by atoms with Crippen LogP contribution in [0.1, 0.15) is 105 Å². The van der Waals surface area contributed by atoms with E-state index in [1.807, 2.05) is 0 Å². The number of rotatable bonds is 16. The minimum atomic E-state index is -2.40. The molecule has 2 fully saturated rings. The maximum Gasteiger partial charge on any atom is 0.322 e. The van der Waals surface area contributed by atoms with Crippen LogP contribution in [0.4, 0.5) is 10.1 Å². The molecule has 0 aromatic heterocycles. The van der Waals surface area contributed by atoms with Crippen LogP contribution in [0.25, 0.3) is 11.1 Å². The number of aliphatic hydroxyl groups is 6. The first kappa shape index (κ1) is 81.3. The molecule has 6 aromatic rings. The zero-order valence-electron chi connectivity index (χ0n) is 59.1. The summed E-state index contributed by atoms with van der Waals surface area (Å²) in [7, 11) is 0. The second-order valence-corrected chi connectivity index (χ2v) is 28.6. The molecule has 7 heterocycles. The molecule has 0 aliphatic carbocycles. The molecular weight excluding hydrogens is 1510 g/mol. The normalized spacial score (nSPS) is 27.7. The van der Waals surface area contributed by atoms with Crippen molar-refractivity contribution in [2.75, 3.05) is 18.5 Å². The van der Waals surface area contributed by atoms with Gasteiger partial charge in [0.25, 0.3) is 0 Å². The molecule has 7 aliphatic rings. The van der Waals surface area contributed by atoms with Gasteiger partial charge in [0, 0.05) is 29.3 Å². The molecule has 35 nitrogen and oxygen atoms in total. The van der Waals surface area contributed by atoms with Gasteiger partial charge in [0.2, 0.25) is 59.3 Å². The highest BCUT2D eigenvalue weighted by Crippen LogP contribution is 2.50. The van der Waals surface area contributed by atoms with Gasteiger partial charge in [0.15, 0.2) is 23.9 Å². The summed E-state index contributed by atoms with van der Waals surface area (Å²) in [5.41, 5.74) is 7.93. The number of ether oxygens (including phenoxy) is 6. The van der Waals surface area contributed by atoms with E-state index in [9.17, 15) is 79.4 Å². The topological polar surface area (TPSA) is 560 Å². The van der Waals surface area contributed by atoms with Crippen molar-refractivity contribution < 1.29 is 127 Å². The number of hydrogen-bond acceptors (Lipinski definition) is 26. The van der Waals surface area contributed by atoms with Crippen molar-refractivity contribution in [1.29, 1.82) is 0 Å². The Balaban J connectivity index is 1.15. The summed E-state index contributed by atoms with van der Waals surface area (Å²) in [6, 6.07) is 3.64. The average Bonchev–Trinajstić information content (AvgIpc) is 0.764. The first-order valence-electron chi connectivity index (χ1n) is 34.5. The quantitative estimate of drug-likeness (QED) is 0.0648. The lowest BCUT2D eigenvalue weighted by Gasteiger charge is -2.48. The largest absolute Gasteiger partial charge is 0.508 e. The Bertz CT molecular complexity index is 4630. The molecule has 2 saturated heterocycles. The number of carboxylic acids is 1. The van der Waals surface area contributed by atoms with Crippen LogP contribution in [-0.2, 0) is 57.4 Å². The number of carboxylic acid groups (broad SMARTS) is 1. The molecule has 22 N–H and O–H groups in total. The summed E-state index contributed by atoms with van der Waals surface area (Å²) in [6.45, 7) is 4.49. The van der Waals surface area contributed by atoms with Crippen LogP contribution < -0.4 is 68.2 Å². The monoisotopic (exact) mass is 1580 g/mol. The van der Waals surface area contributed by atoms with Crippen LogP contribution in [0.15, 0.2) is 103 Å². The van der Waals surface area contributed by atoms with Gasteiger partial charge < -0.3 is 133 Å². The lowest BCUT2D eigenvalue weighted by molar-refractivity contribution is -0.332. The van der Waals surface area contributed by atoms with Crippen LogP contribution >= 0.6 is 23.2 Å². The van der Waals surface area contributed by atoms with E-state index in [1.165, 1.54) is 37.3 Å². The number of phenols is 3. The maximum absolute atomic E-state index is 16.2. The molecule has 0 saturated carbocycles. The van der Waals surface area contributed by atoms with E-state index in [-0.39, 0.29) is 35.6 Å². The molecule has 0 spiro atoms. The Morgan fingerprint density at radius 3 is 1.93 bits per heavy atom. The molecule has 0 radical (unpaired) electrons. The molecule has 38 heteroatoms. The molecule has 13 rings (SSSR count). The lowest BCUT2D eigenvalue weighted by atomic mass is 9.84. The van der Waals surface area contributed by atoms with E-state index < -0.39 is 266 Å². The first-order chi connectivity index (χ1) is 52.5. The van der Waals surface area contributed by atoms with E-state index in [1.54, 1.807) is 20.8 Å². The zero-order valence-corrected chi connectivity index (χ0v) is 60.6. The number of aliphatic carboxylic acids is 1. The average molecular weight is 1590 g/mol. The Labute approximate surface area is 639 Å². The van der Waals surface area contributed by atoms with E-state index in [2.05, 4.69) is 42.5 Å². The fourth-order valence-corrected chi connectivity index (χ4v) is 14.0. The molecular formula is C73H79Cl2FN10O25. The second-order valence-electron chi connectivity index (χ2n) is 27.8. The minimum Gasteiger partial charge on any atom is -0.508 e. The van der Waals surface area contributed by atoms with Crippen molar-refractivity contribution >= 4 is 82.1 Å². The molecule has 8 amide bonds. The van der Waals surface area contributed by atoms with Gasteiger partial charge >= 0.3 is 5.97 Å². The van der Waals surface area contributed by atoms with Crippen molar-refractivity contribution in [3.63, 3.8) is 0 Å². The second kappa shape index (κ2) is 33.5. The Morgan fingerprint density at radius 1 is 0.703 bits per heavy atom. The summed E-state index contributed by atoms with van der Waals surface area (Å²) in [5.74, 6) is -18.4. The van der Waals surface area contributed by atoms with Gasteiger partial charge in [-0.3, -0.25) is 43.2 Å². The molecule has 18 atom stereocenters. The number of phenolic OH excluding ortho intramolecular Hbond substituents is 3. The fourth-order valence-electron chi connectivity index (χ4n) is 13.5. The number of anilines is 1. The van der Waals surface area contributed by atoms with Gasteiger partial charge in [0.1, 0.15) is 114 Å². The number of carbonyl (C=O) groups is 9. The fraction of sp³-hybridized carbons (Fsp3) is 0.384. The van der Waals surface area contributed by atoms with Crippen molar-refractivity contribution in [2.45, 2.75) is 156 Å². The summed E-state index contributed by atoms with van der Waals surface area (Å²) in [6.07, 6.45) is -19.5. The molecule has 6 aromatic carbocycles. The number of nitrogens with two attached hydrogens (primary N) is 2. The number of benzene rings is 6. The highest BCUT2D eigenvalue weighted by atomic mass is 35.5. The molecule has 111 heavy (non-hydrogen) atoms. The third-order valence-corrected chi connectivity index (χ3v) is 19.7. The lowest BCUT2D eigenvalue weighted by Crippen LogP contribution is -2.64. The van der Waals surface area contributed by atoms with Gasteiger partial charge in [-0.05, 0) is 133 Å². The zero-order chi connectivity index (χ0) is 80.5. The smallest absolute Gasteiger partial charge is 0.322 e. The predicted octanol–water partition coefficient (Wildman–Crippen LogP) is 1.25. The van der Waals surface area contributed by atoms with Crippen LogP contribution in [0.3, 0.4) is 0 Å². The SMILES string of the molecule is CC(C)C[C@@H](N)C(=O)N[C@H]1C(=O)N[C@@H](CC(N)=O)C(=O)N[C@H]2C(=O)N[C@H]3C(=O)N[C@H](C(=O)N[C@H](C(=O)NCC(=O)O)c4cc(O)cc(O)c4-c4cc3ccc4O)[C@H](O)c3ccc(c(Cl)c3)Oc3cc2cc(c3O[C@@H]2O[C@@H](CO)[C@@H](O)[C@H](O)[C@@H]2O[C@H]2C[C@](C)(Nc3ccc(F)cc3)[C@H](O)[C@H](C)O2)Oc2ccc(cc2Cl)[C@H]1O. The number of nitrogens with one attached hydrogen (secondary N) is 8. The highest BCUT2D eigenvalue weighted by molar-refractivity contribution is 6.32. The number of fused-ring (bicyclic) bond motifs is 15. The molecule has 11 bridgehead atoms. The van der Waals surface area contributed by atoms with E-state index >= 15 is 19.2 Å². The number of hydrogen-bond donors (Lipinski definition) is 20. The van der Waals surface area contributed by atoms with Crippen molar-refractivity contribution in [2.24, 2.45) is 17.4 Å². The van der Waals surface area contributed by atoms with Crippen LogP contribution in [0.5, 0.6) is 46.0 Å². The standard InChI is InChI=1S/C73H79Cl2FN10O25/c1-27(2)15-40(77)65(99)84-56-58(94)30-6-13-44(38(74)17-30)107-46-19-32-20-47(62(46)111-72-63(61(97)60(96)48(26-87)109-72)110-51-24-73(4,64(98)28(3)106-51)86-34-10-8-33(76)9-11-34)108-45-14-7-31(18-39(45)75)59(95)57-71(105)83-55(67(101)79-25-50(92)93)37-21-35(88)22-43(90)52(37)36-16-29(5-12-42(36)89)53(68(102)85-57)82-69(103)54(32)81-66(100)41(23-49(78)91)80-70(56)104/h5-14,16-22,27-28,40-41,48,51,53-61,63-64,72,86-90,94-98H,15,23-26,77H2,1-4H3,(H2,78,91)(H,79,101)(H,80,104)(H,81,100)(H,82,103)(H,83,105)(H,84,99)(H,85,102)(H,92,93)/t28-,40+,41-,48-,51-,53+,54+,55-,56+,57-,58+,59+,60+,61-,63-,64+,72-,73-/m0/s1. The van der Waals surface area contributed by atoms with Gasteiger partial charge in [-0.15, -0.1) is 0 Å². The van der Waals surface area contributed by atoms with Gasteiger partial charge in [-0.2, -0.15) is 0 Å². The highest BCUT2D eigenvalue weighted by Gasteiger charge is 2.52. The van der Waals surface area contributed by atoms with Gasteiger partial charge in [0.05, 0.1) is 40.8 Å². The van der Waals surface area contributed by atoms with Crippen molar-refractivity contribution in [1.82, 2.24) is 37.2 Å². The first-order valence-corrected chi connectivity index (χ1v) is 35.3. The summed E-state index contributed by atoms with van der Waals surface area (Å²) in [5, 5.41) is 134. The van der Waals surface area contributed by atoms with Crippen molar-refractivity contribution in [3.05, 3.63) is 147 Å². The Morgan fingerprint density at radius 2 is 1.32 bits per heavy atom. The molecule has 0 unspecified atom stereocenters. The van der Waals surface area contributed by atoms with Crippen LogP contribution in [-0.4, -0.2) is 196 Å². The number of primary amides is 1. The summed E-state index contributed by atoms with van der Waals surface area (Å²) < 4.78 is 53.1. The predicted molar refractivity (Wildman–Crippen MR) is 383 cm³/mol. The van der Waals surface area contributed by atoms with E-state index in [0.29, 0.717) is 5.69 Å².